The molecule has 0 spiro atoms. The van der Waals surface area contributed by atoms with Crippen molar-refractivity contribution in [1.82, 2.24) is 5.32 Å². The number of hydrogen-bond donors (Lipinski definition) is 1. The Balaban J connectivity index is 3.83. The van der Waals surface area contributed by atoms with E-state index in [2.05, 4.69) is 19.2 Å². The molecule has 3 nitrogen and oxygen atoms in total. The predicted molar refractivity (Wildman–Crippen MR) is 74.0 cm³/mol. The first-order valence-corrected chi connectivity index (χ1v) is 9.04. The third kappa shape index (κ3) is 8.42. The standard InChI is InChI=1S/C11H25NO2S2/c1-4-12-11(10-15-5-2)8-7-9-16(13,14)6-3/h11-12H,4-10H2,1-3H3. The number of nitrogens with one attached hydrogen (secondary N) is 1. The maximum atomic E-state index is 11.3. The second-order valence-corrected chi connectivity index (χ2v) is 7.58. The highest BCUT2D eigenvalue weighted by Crippen LogP contribution is 2.08. The summed E-state index contributed by atoms with van der Waals surface area (Å²) in [6.45, 7) is 6.90. The van der Waals surface area contributed by atoms with E-state index in [9.17, 15) is 8.42 Å². The minimum absolute atomic E-state index is 0.266. The van der Waals surface area contributed by atoms with Gasteiger partial charge in [-0.25, -0.2) is 8.42 Å². The molecule has 0 aromatic rings. The van der Waals surface area contributed by atoms with E-state index in [1.807, 2.05) is 11.8 Å². The lowest BCUT2D eigenvalue weighted by atomic mass is 10.2. The lowest BCUT2D eigenvalue weighted by molar-refractivity contribution is 0.527. The van der Waals surface area contributed by atoms with Crippen molar-refractivity contribution in [3.8, 4) is 0 Å². The Morgan fingerprint density at radius 2 is 1.94 bits per heavy atom. The van der Waals surface area contributed by atoms with Crippen LogP contribution in [0.2, 0.25) is 0 Å². The van der Waals surface area contributed by atoms with E-state index in [4.69, 9.17) is 0 Å². The molecule has 0 saturated heterocycles. The van der Waals surface area contributed by atoms with Gasteiger partial charge in [-0.15, -0.1) is 0 Å². The summed E-state index contributed by atoms with van der Waals surface area (Å²) < 4.78 is 22.7. The Bertz CT molecular complexity index is 253. The highest BCUT2D eigenvalue weighted by atomic mass is 32.2. The van der Waals surface area contributed by atoms with Gasteiger partial charge in [-0.1, -0.05) is 20.8 Å². The van der Waals surface area contributed by atoms with Crippen LogP contribution in [0, 0.1) is 0 Å². The van der Waals surface area contributed by atoms with Gasteiger partial charge in [-0.05, 0) is 25.1 Å². The highest BCUT2D eigenvalue weighted by molar-refractivity contribution is 7.99. The van der Waals surface area contributed by atoms with E-state index < -0.39 is 9.84 Å². The van der Waals surface area contributed by atoms with Crippen LogP contribution in [0.15, 0.2) is 0 Å². The topological polar surface area (TPSA) is 46.2 Å². The first kappa shape index (κ1) is 16.3. The first-order valence-electron chi connectivity index (χ1n) is 6.07. The molecule has 0 bridgehead atoms. The Morgan fingerprint density at radius 1 is 1.25 bits per heavy atom. The van der Waals surface area contributed by atoms with Crippen molar-refractivity contribution in [2.75, 3.05) is 29.6 Å². The Morgan fingerprint density at radius 3 is 2.44 bits per heavy atom. The predicted octanol–water partition coefficient (Wildman–Crippen LogP) is 1.93. The summed E-state index contributed by atoms with van der Waals surface area (Å²) in [6, 6.07) is 0.460. The average Bonchev–Trinajstić information content (AvgIpc) is 2.25. The smallest absolute Gasteiger partial charge is 0.150 e. The van der Waals surface area contributed by atoms with Crippen LogP contribution in [0.3, 0.4) is 0 Å². The summed E-state index contributed by atoms with van der Waals surface area (Å²) in [5.74, 6) is 2.80. The molecule has 98 valence electrons. The average molecular weight is 267 g/mol. The quantitative estimate of drug-likeness (QED) is 0.657. The van der Waals surface area contributed by atoms with E-state index >= 15 is 0 Å². The van der Waals surface area contributed by atoms with Crippen LogP contribution in [-0.4, -0.2) is 44.0 Å². The monoisotopic (exact) mass is 267 g/mol. The summed E-state index contributed by atoms with van der Waals surface area (Å²) in [7, 11) is -2.79. The molecule has 0 fully saturated rings. The molecule has 0 aliphatic carbocycles. The number of hydrogen-bond acceptors (Lipinski definition) is 4. The normalized spacial score (nSPS) is 13.9. The SMILES string of the molecule is CCNC(CCCS(=O)(=O)CC)CSCC. The summed E-state index contributed by atoms with van der Waals surface area (Å²) in [6.07, 6.45) is 1.73. The zero-order valence-electron chi connectivity index (χ0n) is 10.7. The van der Waals surface area contributed by atoms with Crippen LogP contribution >= 0.6 is 11.8 Å². The minimum atomic E-state index is -2.79. The fourth-order valence-electron chi connectivity index (χ4n) is 1.49. The summed E-state index contributed by atoms with van der Waals surface area (Å²) in [4.78, 5) is 0. The second kappa shape index (κ2) is 9.31. The fraction of sp³-hybridized carbons (Fsp3) is 1.00. The second-order valence-electron chi connectivity index (χ2n) is 3.79. The molecule has 5 heteroatoms. The highest BCUT2D eigenvalue weighted by Gasteiger charge is 2.11. The third-order valence-corrected chi connectivity index (χ3v) is 5.30. The van der Waals surface area contributed by atoms with Crippen LogP contribution in [0.25, 0.3) is 0 Å². The lowest BCUT2D eigenvalue weighted by Gasteiger charge is -2.16. The molecular weight excluding hydrogens is 242 g/mol. The maximum Gasteiger partial charge on any atom is 0.150 e. The molecule has 0 heterocycles. The van der Waals surface area contributed by atoms with Gasteiger partial charge in [0, 0.05) is 17.5 Å². The van der Waals surface area contributed by atoms with Gasteiger partial charge in [-0.2, -0.15) is 11.8 Å². The molecule has 0 rings (SSSR count). The number of thioether (sulfide) groups is 1. The molecule has 16 heavy (non-hydrogen) atoms. The molecule has 0 aliphatic heterocycles. The van der Waals surface area contributed by atoms with E-state index in [1.54, 1.807) is 6.92 Å². The Kier molecular flexibility index (Phi) is 9.46. The van der Waals surface area contributed by atoms with Gasteiger partial charge in [0.05, 0.1) is 5.75 Å². The van der Waals surface area contributed by atoms with E-state index in [0.29, 0.717) is 11.8 Å². The van der Waals surface area contributed by atoms with Gasteiger partial charge < -0.3 is 5.32 Å². The van der Waals surface area contributed by atoms with Crippen molar-refractivity contribution in [3.05, 3.63) is 0 Å². The molecule has 0 saturated carbocycles. The number of rotatable bonds is 10. The number of sulfone groups is 1. The molecule has 0 aromatic heterocycles. The van der Waals surface area contributed by atoms with Gasteiger partial charge in [0.2, 0.25) is 0 Å². The zero-order chi connectivity index (χ0) is 12.4. The first-order chi connectivity index (χ1) is 7.55. The van der Waals surface area contributed by atoms with E-state index in [-0.39, 0.29) is 5.75 Å². The molecule has 0 amide bonds. The van der Waals surface area contributed by atoms with Crippen LogP contribution in [0.4, 0.5) is 0 Å². The van der Waals surface area contributed by atoms with Gasteiger partial charge >= 0.3 is 0 Å². The van der Waals surface area contributed by atoms with Gasteiger partial charge in [0.15, 0.2) is 0 Å². The lowest BCUT2D eigenvalue weighted by Crippen LogP contribution is -2.31. The largest absolute Gasteiger partial charge is 0.313 e. The maximum absolute atomic E-state index is 11.3. The van der Waals surface area contributed by atoms with Gasteiger partial charge in [-0.3, -0.25) is 0 Å². The molecule has 1 N–H and O–H groups in total. The Labute approximate surface area is 105 Å². The Hall–Kier alpha value is 0.260. The molecule has 0 aromatic carbocycles. The van der Waals surface area contributed by atoms with Crippen LogP contribution < -0.4 is 5.32 Å². The van der Waals surface area contributed by atoms with Crippen molar-refractivity contribution in [3.63, 3.8) is 0 Å². The molecule has 0 radical (unpaired) electrons. The van der Waals surface area contributed by atoms with Crippen molar-refractivity contribution < 1.29 is 8.42 Å². The van der Waals surface area contributed by atoms with Gasteiger partial charge in [0.25, 0.3) is 0 Å². The summed E-state index contributed by atoms with van der Waals surface area (Å²) in [5, 5.41) is 3.41. The molecule has 1 atom stereocenters. The van der Waals surface area contributed by atoms with E-state index in [1.165, 1.54) is 0 Å². The van der Waals surface area contributed by atoms with Gasteiger partial charge in [0.1, 0.15) is 9.84 Å². The zero-order valence-corrected chi connectivity index (χ0v) is 12.3. The van der Waals surface area contributed by atoms with Crippen LogP contribution in [0.1, 0.15) is 33.6 Å². The molecule has 1 unspecified atom stereocenters. The van der Waals surface area contributed by atoms with E-state index in [0.717, 1.165) is 30.9 Å². The summed E-state index contributed by atoms with van der Waals surface area (Å²) >= 11 is 1.91. The van der Waals surface area contributed by atoms with Crippen molar-refractivity contribution in [2.24, 2.45) is 0 Å². The molecular formula is C11H25NO2S2. The van der Waals surface area contributed by atoms with Crippen LogP contribution in [-0.2, 0) is 9.84 Å². The summed E-state index contributed by atoms with van der Waals surface area (Å²) in [5.41, 5.74) is 0. The fourth-order valence-corrected chi connectivity index (χ4v) is 3.19. The van der Waals surface area contributed by atoms with Crippen molar-refractivity contribution in [2.45, 2.75) is 39.7 Å². The van der Waals surface area contributed by atoms with Crippen LogP contribution in [0.5, 0.6) is 0 Å². The van der Waals surface area contributed by atoms with Crippen molar-refractivity contribution in [1.29, 1.82) is 0 Å². The van der Waals surface area contributed by atoms with Crippen molar-refractivity contribution >= 4 is 21.6 Å². The molecule has 0 aliphatic rings. The third-order valence-electron chi connectivity index (χ3n) is 2.46. The minimum Gasteiger partial charge on any atom is -0.313 e.